The maximum Gasteiger partial charge on any atom is 0.413 e. The number of ether oxygens (including phenoxy) is 2. The van der Waals surface area contributed by atoms with Gasteiger partial charge in [-0.25, -0.2) is 4.79 Å². The van der Waals surface area contributed by atoms with E-state index in [2.05, 4.69) is 9.47 Å². The van der Waals surface area contributed by atoms with Gasteiger partial charge in [-0.15, -0.1) is 0 Å². The minimum absolute atomic E-state index is 0.00158. The van der Waals surface area contributed by atoms with Crippen LogP contribution in [0.5, 0.6) is 0 Å². The van der Waals surface area contributed by atoms with Crippen molar-refractivity contribution >= 4 is 18.0 Å². The molecule has 0 bridgehead atoms. The van der Waals surface area contributed by atoms with Crippen LogP contribution in [-0.2, 0) is 19.1 Å². The Balaban J connectivity index is 4.06. The van der Waals surface area contributed by atoms with Gasteiger partial charge in [-0.2, -0.15) is 0 Å². The van der Waals surface area contributed by atoms with Crippen LogP contribution in [0.3, 0.4) is 0 Å². The van der Waals surface area contributed by atoms with Gasteiger partial charge in [0, 0.05) is 0 Å². The Labute approximate surface area is 93.7 Å². The van der Waals surface area contributed by atoms with Gasteiger partial charge < -0.3 is 9.47 Å². The van der Waals surface area contributed by atoms with Crippen molar-refractivity contribution in [2.45, 2.75) is 6.92 Å². The molecule has 2 amide bonds. The lowest BCUT2D eigenvalue weighted by Gasteiger charge is -2.17. The van der Waals surface area contributed by atoms with Crippen LogP contribution in [0.4, 0.5) is 4.79 Å². The maximum absolute atomic E-state index is 11.2. The fourth-order valence-corrected chi connectivity index (χ4v) is 0.934. The molecule has 0 fully saturated rings. The summed E-state index contributed by atoms with van der Waals surface area (Å²) in [6.07, 6.45) is -0.820. The van der Waals surface area contributed by atoms with Crippen molar-refractivity contribution in [1.82, 2.24) is 10.2 Å². The highest BCUT2D eigenvalue weighted by Crippen LogP contribution is 1.89. The number of nitrogens with one attached hydrogen (secondary N) is 1. The van der Waals surface area contributed by atoms with E-state index in [9.17, 15) is 14.4 Å². The summed E-state index contributed by atoms with van der Waals surface area (Å²) in [5.41, 5.74) is 0. The molecule has 0 aliphatic carbocycles. The van der Waals surface area contributed by atoms with E-state index in [1.165, 1.54) is 12.0 Å². The molecule has 0 saturated carbocycles. The van der Waals surface area contributed by atoms with Crippen LogP contribution in [0.2, 0.25) is 0 Å². The molecular formula is C9H16N2O5. The lowest BCUT2D eigenvalue weighted by molar-refractivity contribution is -0.142. The van der Waals surface area contributed by atoms with E-state index < -0.39 is 18.0 Å². The number of carbonyl (C=O) groups excluding carboxylic acids is 3. The predicted molar refractivity (Wildman–Crippen MR) is 54.7 cm³/mol. The van der Waals surface area contributed by atoms with E-state index in [-0.39, 0.29) is 13.1 Å². The summed E-state index contributed by atoms with van der Waals surface area (Å²) in [6.45, 7) is 2.21. The summed E-state index contributed by atoms with van der Waals surface area (Å²) < 4.78 is 8.72. The topological polar surface area (TPSA) is 84.9 Å². The standard InChI is InChI=1S/C9H16N2O5/c1-4-11(6-8(13)15-2)5-7(12)10-9(14)16-3/h4-6H2,1-3H3,(H,10,12,14). The van der Waals surface area contributed by atoms with Gasteiger partial charge in [-0.05, 0) is 6.54 Å². The second kappa shape index (κ2) is 7.63. The van der Waals surface area contributed by atoms with Crippen molar-refractivity contribution in [2.75, 3.05) is 33.9 Å². The first-order valence-electron chi connectivity index (χ1n) is 4.70. The summed E-state index contributed by atoms with van der Waals surface area (Å²) in [5, 5.41) is 1.99. The number of methoxy groups -OCH3 is 2. The number of esters is 1. The minimum Gasteiger partial charge on any atom is -0.468 e. The molecule has 0 radical (unpaired) electrons. The first-order valence-corrected chi connectivity index (χ1v) is 4.70. The van der Waals surface area contributed by atoms with Gasteiger partial charge in [0.15, 0.2) is 0 Å². The van der Waals surface area contributed by atoms with Crippen LogP contribution < -0.4 is 5.32 Å². The molecule has 7 nitrogen and oxygen atoms in total. The van der Waals surface area contributed by atoms with Gasteiger partial charge in [0.05, 0.1) is 27.3 Å². The Kier molecular flexibility index (Phi) is 6.86. The van der Waals surface area contributed by atoms with Crippen LogP contribution in [0.15, 0.2) is 0 Å². The number of alkyl carbamates (subject to hydrolysis) is 1. The highest BCUT2D eigenvalue weighted by molar-refractivity contribution is 5.92. The average molecular weight is 232 g/mol. The van der Waals surface area contributed by atoms with E-state index in [1.54, 1.807) is 6.92 Å². The number of hydrogen-bond acceptors (Lipinski definition) is 6. The number of hydrogen-bond donors (Lipinski definition) is 1. The number of carbonyl (C=O) groups is 3. The summed E-state index contributed by atoms with van der Waals surface area (Å²) in [4.78, 5) is 34.4. The minimum atomic E-state index is -0.820. The highest BCUT2D eigenvalue weighted by Gasteiger charge is 2.14. The van der Waals surface area contributed by atoms with Crippen molar-refractivity contribution in [2.24, 2.45) is 0 Å². The molecule has 0 aromatic heterocycles. The summed E-state index contributed by atoms with van der Waals surface area (Å²) in [7, 11) is 2.43. The molecule has 0 rings (SSSR count). The molecule has 0 heterocycles. The smallest absolute Gasteiger partial charge is 0.413 e. The van der Waals surface area contributed by atoms with Crippen molar-refractivity contribution in [3.05, 3.63) is 0 Å². The van der Waals surface area contributed by atoms with Gasteiger partial charge >= 0.3 is 12.1 Å². The number of likely N-dealkylation sites (N-methyl/N-ethyl adjacent to an activating group) is 1. The second-order valence-corrected chi connectivity index (χ2v) is 2.92. The van der Waals surface area contributed by atoms with Gasteiger partial charge in [-0.1, -0.05) is 6.92 Å². The molecule has 0 aromatic carbocycles. The Bertz CT molecular complexity index is 267. The van der Waals surface area contributed by atoms with E-state index >= 15 is 0 Å². The Hall–Kier alpha value is -1.63. The normalized spacial score (nSPS) is 9.75. The van der Waals surface area contributed by atoms with Crippen molar-refractivity contribution in [3.63, 3.8) is 0 Å². The largest absolute Gasteiger partial charge is 0.468 e. The zero-order valence-corrected chi connectivity index (χ0v) is 9.61. The molecule has 0 aliphatic rings. The SMILES string of the molecule is CCN(CC(=O)NC(=O)OC)CC(=O)OC. The summed E-state index contributed by atoms with van der Waals surface area (Å²) in [5.74, 6) is -0.967. The molecule has 0 aromatic rings. The third-order valence-electron chi connectivity index (χ3n) is 1.82. The lowest BCUT2D eigenvalue weighted by atomic mass is 10.4. The van der Waals surface area contributed by atoms with Crippen molar-refractivity contribution in [3.8, 4) is 0 Å². The van der Waals surface area contributed by atoms with Gasteiger partial charge in [0.2, 0.25) is 5.91 Å². The highest BCUT2D eigenvalue weighted by atomic mass is 16.5. The fraction of sp³-hybridized carbons (Fsp3) is 0.667. The molecule has 7 heteroatoms. The van der Waals surface area contributed by atoms with Gasteiger partial charge in [0.25, 0.3) is 0 Å². The molecule has 0 saturated heterocycles. The van der Waals surface area contributed by atoms with Crippen LogP contribution in [-0.4, -0.2) is 56.7 Å². The lowest BCUT2D eigenvalue weighted by Crippen LogP contribution is -2.42. The van der Waals surface area contributed by atoms with E-state index in [0.29, 0.717) is 6.54 Å². The summed E-state index contributed by atoms with van der Waals surface area (Å²) >= 11 is 0. The molecule has 0 unspecified atom stereocenters. The van der Waals surface area contributed by atoms with Crippen LogP contribution in [0.25, 0.3) is 0 Å². The third-order valence-corrected chi connectivity index (χ3v) is 1.82. The molecule has 92 valence electrons. The first-order chi connectivity index (χ1) is 7.53. The van der Waals surface area contributed by atoms with Crippen LogP contribution >= 0.6 is 0 Å². The third kappa shape index (κ3) is 5.97. The van der Waals surface area contributed by atoms with E-state index in [0.717, 1.165) is 7.11 Å². The fourth-order valence-electron chi connectivity index (χ4n) is 0.934. The Morgan fingerprint density at radius 1 is 1.12 bits per heavy atom. The zero-order valence-electron chi connectivity index (χ0n) is 9.61. The quantitative estimate of drug-likeness (QED) is 0.635. The molecular weight excluding hydrogens is 216 g/mol. The van der Waals surface area contributed by atoms with Gasteiger partial charge in [0.1, 0.15) is 0 Å². The van der Waals surface area contributed by atoms with Gasteiger partial charge in [-0.3, -0.25) is 19.8 Å². The number of nitrogens with zero attached hydrogens (tertiary/aromatic N) is 1. The molecule has 0 atom stereocenters. The summed E-state index contributed by atoms with van der Waals surface area (Å²) in [6, 6.07) is 0. The van der Waals surface area contributed by atoms with E-state index in [1.807, 2.05) is 5.32 Å². The van der Waals surface area contributed by atoms with Crippen LogP contribution in [0.1, 0.15) is 6.92 Å². The van der Waals surface area contributed by atoms with E-state index in [4.69, 9.17) is 0 Å². The number of imide groups is 1. The molecule has 16 heavy (non-hydrogen) atoms. The number of rotatable bonds is 5. The predicted octanol–water partition coefficient (Wildman–Crippen LogP) is -0.636. The zero-order chi connectivity index (χ0) is 12.6. The number of amides is 2. The Morgan fingerprint density at radius 3 is 2.19 bits per heavy atom. The monoisotopic (exact) mass is 232 g/mol. The average Bonchev–Trinajstić information content (AvgIpc) is 2.27. The van der Waals surface area contributed by atoms with Crippen molar-refractivity contribution in [1.29, 1.82) is 0 Å². The van der Waals surface area contributed by atoms with Crippen molar-refractivity contribution < 1.29 is 23.9 Å². The maximum atomic E-state index is 11.2. The molecule has 1 N–H and O–H groups in total. The second-order valence-electron chi connectivity index (χ2n) is 2.92. The Morgan fingerprint density at radius 2 is 1.75 bits per heavy atom. The molecule has 0 spiro atoms. The van der Waals surface area contributed by atoms with Crippen LogP contribution in [0, 0.1) is 0 Å². The molecule has 0 aliphatic heterocycles. The first kappa shape index (κ1) is 14.4.